The summed E-state index contributed by atoms with van der Waals surface area (Å²) in [5.41, 5.74) is 0. The minimum atomic E-state index is -0.309. The van der Waals surface area contributed by atoms with E-state index in [4.69, 9.17) is 4.74 Å². The van der Waals surface area contributed by atoms with Gasteiger partial charge in [-0.05, 0) is 12.8 Å². The van der Waals surface area contributed by atoms with Crippen LogP contribution in [0.2, 0.25) is 19.1 Å². The van der Waals surface area contributed by atoms with Crippen molar-refractivity contribution in [1.29, 1.82) is 0 Å². The third kappa shape index (κ3) is 12.8. The Morgan fingerprint density at radius 3 is 2.17 bits per heavy atom. The van der Waals surface area contributed by atoms with E-state index >= 15 is 0 Å². The van der Waals surface area contributed by atoms with Crippen LogP contribution in [0.4, 0.5) is 4.70 Å². The molecule has 0 aliphatic carbocycles. The second kappa shape index (κ2) is 11.1. The average molecular weight is 194 g/mol. The van der Waals surface area contributed by atoms with Gasteiger partial charge in [0.1, 0.15) is 0 Å². The fourth-order valence-electron chi connectivity index (χ4n) is 0.942. The molecule has 0 rings (SSSR count). The molecule has 0 saturated carbocycles. The number of rotatable bonds is 7. The van der Waals surface area contributed by atoms with E-state index in [0.717, 1.165) is 13.2 Å². The molecular formula is C9H23FOSi. The van der Waals surface area contributed by atoms with E-state index in [2.05, 4.69) is 20.0 Å². The zero-order chi connectivity index (χ0) is 8.53. The summed E-state index contributed by atoms with van der Waals surface area (Å²) in [6.07, 6.45) is 3.76. The Kier molecular flexibility index (Phi) is 13.5. The van der Waals surface area contributed by atoms with E-state index in [1.54, 1.807) is 0 Å². The molecule has 0 N–H and O–H groups in total. The summed E-state index contributed by atoms with van der Waals surface area (Å²) in [7, 11) is -0.309. The molecule has 0 atom stereocenters. The molecule has 0 aliphatic heterocycles. The van der Waals surface area contributed by atoms with Crippen LogP contribution in [0.15, 0.2) is 0 Å². The molecule has 0 unspecified atom stereocenters. The van der Waals surface area contributed by atoms with Crippen LogP contribution in [0.25, 0.3) is 0 Å². The van der Waals surface area contributed by atoms with Crippen molar-refractivity contribution in [3.8, 4) is 0 Å². The third-order valence-corrected chi connectivity index (χ3v) is 3.28. The molecule has 0 radical (unpaired) electrons. The first-order valence-corrected chi connectivity index (χ1v) is 7.97. The second-order valence-electron chi connectivity index (χ2n) is 3.50. The van der Waals surface area contributed by atoms with Crippen molar-refractivity contribution in [3.63, 3.8) is 0 Å². The van der Waals surface area contributed by atoms with E-state index in [9.17, 15) is 0 Å². The number of halogens is 1. The fraction of sp³-hybridized carbons (Fsp3) is 1.00. The lowest BCUT2D eigenvalue weighted by Gasteiger charge is -2.03. The Bertz CT molecular complexity index is 78.9. The zero-order valence-corrected chi connectivity index (χ0v) is 9.79. The van der Waals surface area contributed by atoms with Gasteiger partial charge in [-0.2, -0.15) is 0 Å². The minimum Gasteiger partial charge on any atom is -0.381 e. The summed E-state index contributed by atoms with van der Waals surface area (Å²) in [5.74, 6) is 0. The Morgan fingerprint density at radius 2 is 1.67 bits per heavy atom. The van der Waals surface area contributed by atoms with Crippen LogP contribution in [0.1, 0.15) is 26.2 Å². The van der Waals surface area contributed by atoms with Gasteiger partial charge in [-0.3, -0.25) is 4.70 Å². The van der Waals surface area contributed by atoms with Gasteiger partial charge in [0.2, 0.25) is 0 Å². The van der Waals surface area contributed by atoms with Crippen molar-refractivity contribution in [2.75, 3.05) is 13.2 Å². The van der Waals surface area contributed by atoms with Crippen LogP contribution in [-0.2, 0) is 4.74 Å². The van der Waals surface area contributed by atoms with Crippen molar-refractivity contribution < 1.29 is 9.44 Å². The van der Waals surface area contributed by atoms with Gasteiger partial charge in [-0.1, -0.05) is 32.5 Å². The van der Waals surface area contributed by atoms with Crippen LogP contribution in [-0.4, -0.2) is 22.0 Å². The van der Waals surface area contributed by atoms with E-state index in [1.165, 1.54) is 25.3 Å². The van der Waals surface area contributed by atoms with Crippen molar-refractivity contribution in [3.05, 3.63) is 0 Å². The maximum absolute atomic E-state index is 5.45. The van der Waals surface area contributed by atoms with Crippen LogP contribution in [0.5, 0.6) is 0 Å². The van der Waals surface area contributed by atoms with E-state index in [-0.39, 0.29) is 13.5 Å². The fourth-order valence-corrected chi connectivity index (χ4v) is 1.93. The quantitative estimate of drug-likeness (QED) is 0.447. The van der Waals surface area contributed by atoms with Crippen molar-refractivity contribution in [2.24, 2.45) is 0 Å². The predicted molar refractivity (Wildman–Crippen MR) is 56.5 cm³/mol. The molecule has 0 aromatic rings. The molecule has 0 aromatic heterocycles. The molecule has 1 nitrogen and oxygen atoms in total. The summed E-state index contributed by atoms with van der Waals surface area (Å²) in [6, 6.07) is 1.44. The summed E-state index contributed by atoms with van der Waals surface area (Å²) < 4.78 is 5.45. The molecule has 3 heteroatoms. The van der Waals surface area contributed by atoms with Gasteiger partial charge in [0.15, 0.2) is 0 Å². The summed E-state index contributed by atoms with van der Waals surface area (Å²) in [5, 5.41) is 0. The Balaban J connectivity index is 0. The van der Waals surface area contributed by atoms with Gasteiger partial charge >= 0.3 is 0 Å². The van der Waals surface area contributed by atoms with Crippen LogP contribution in [0.3, 0.4) is 0 Å². The molecule has 0 aromatic carbocycles. The van der Waals surface area contributed by atoms with Gasteiger partial charge in [0.25, 0.3) is 0 Å². The summed E-state index contributed by atoms with van der Waals surface area (Å²) in [6.45, 7) is 8.95. The van der Waals surface area contributed by atoms with Gasteiger partial charge in [-0.25, -0.2) is 0 Å². The monoisotopic (exact) mass is 194 g/mol. The highest BCUT2D eigenvalue weighted by atomic mass is 28.3. The van der Waals surface area contributed by atoms with Gasteiger partial charge in [0.05, 0.1) is 0 Å². The maximum Gasteiger partial charge on any atom is 0.0465 e. The van der Waals surface area contributed by atoms with Gasteiger partial charge < -0.3 is 4.74 Å². The normalized spacial score (nSPS) is 10.0. The van der Waals surface area contributed by atoms with E-state index in [0.29, 0.717) is 0 Å². The van der Waals surface area contributed by atoms with Gasteiger partial charge in [-0.15, -0.1) is 0 Å². The lowest BCUT2D eigenvalue weighted by molar-refractivity contribution is 0.132. The summed E-state index contributed by atoms with van der Waals surface area (Å²) >= 11 is 0. The molecule has 0 spiro atoms. The molecule has 0 aliphatic rings. The molecule has 0 heterocycles. The first-order valence-electron chi connectivity index (χ1n) is 4.85. The standard InChI is InChI=1S/C9H22OSi.FH/c1-4-5-7-10-8-6-9-11(2)3;/h11H,4-9H2,1-3H3;1H. The first kappa shape index (κ1) is 14.6. The van der Waals surface area contributed by atoms with Crippen LogP contribution in [0, 0.1) is 0 Å². The highest BCUT2D eigenvalue weighted by molar-refractivity contribution is 6.55. The lowest BCUT2D eigenvalue weighted by Crippen LogP contribution is -2.03. The smallest absolute Gasteiger partial charge is 0.0465 e. The van der Waals surface area contributed by atoms with Crippen LogP contribution < -0.4 is 0 Å². The van der Waals surface area contributed by atoms with Gasteiger partial charge in [0, 0.05) is 22.0 Å². The highest BCUT2D eigenvalue weighted by Crippen LogP contribution is 1.97. The summed E-state index contributed by atoms with van der Waals surface area (Å²) in [4.78, 5) is 0. The average Bonchev–Trinajstić information content (AvgIpc) is 1.96. The molecule has 76 valence electrons. The molecule has 12 heavy (non-hydrogen) atoms. The zero-order valence-electron chi connectivity index (χ0n) is 8.64. The number of unbranched alkanes of at least 4 members (excludes halogenated alkanes) is 1. The third-order valence-electron chi connectivity index (χ3n) is 1.71. The Morgan fingerprint density at radius 1 is 1.08 bits per heavy atom. The molecular weight excluding hydrogens is 171 g/mol. The topological polar surface area (TPSA) is 9.23 Å². The van der Waals surface area contributed by atoms with Crippen molar-refractivity contribution >= 4 is 8.80 Å². The maximum atomic E-state index is 5.45. The first-order chi connectivity index (χ1) is 5.27. The van der Waals surface area contributed by atoms with Crippen molar-refractivity contribution in [1.82, 2.24) is 0 Å². The second-order valence-corrected chi connectivity index (χ2v) is 6.87. The number of hydrogen-bond acceptors (Lipinski definition) is 1. The van der Waals surface area contributed by atoms with Crippen molar-refractivity contribution in [2.45, 2.75) is 45.3 Å². The Hall–Kier alpha value is 0.107. The lowest BCUT2D eigenvalue weighted by atomic mass is 10.4. The molecule has 0 fully saturated rings. The highest BCUT2D eigenvalue weighted by Gasteiger charge is 1.94. The number of ether oxygens (including phenoxy) is 1. The van der Waals surface area contributed by atoms with E-state index < -0.39 is 0 Å². The Labute approximate surface area is 77.5 Å². The molecule has 0 saturated heterocycles. The largest absolute Gasteiger partial charge is 0.381 e. The predicted octanol–water partition coefficient (Wildman–Crippen LogP) is 2.83. The number of hydrogen-bond donors (Lipinski definition) is 0. The molecule has 0 amide bonds. The SMILES string of the molecule is CCCCOCCC[SiH](C)C.F. The minimum absolute atomic E-state index is 0. The molecule has 0 bridgehead atoms. The van der Waals surface area contributed by atoms with E-state index in [1.807, 2.05) is 0 Å². The van der Waals surface area contributed by atoms with Crippen LogP contribution >= 0.6 is 0 Å².